The molecule has 0 unspecified atom stereocenters. The largest absolute Gasteiger partial charge is 0.487 e. The molecule has 3 heterocycles. The van der Waals surface area contributed by atoms with Crippen molar-refractivity contribution in [2.75, 3.05) is 13.1 Å². The Balaban J connectivity index is 1.48. The van der Waals surface area contributed by atoms with Crippen molar-refractivity contribution < 1.29 is 4.74 Å². The molecule has 1 aromatic heterocycles. The van der Waals surface area contributed by atoms with E-state index in [4.69, 9.17) is 4.74 Å². The molecule has 1 spiro atoms. The second-order valence-corrected chi connectivity index (χ2v) is 7.75. The zero-order valence-corrected chi connectivity index (χ0v) is 15.2. The van der Waals surface area contributed by atoms with Gasteiger partial charge in [-0.15, -0.1) is 0 Å². The molecular formula is C23H24N2O. The van der Waals surface area contributed by atoms with Gasteiger partial charge >= 0.3 is 0 Å². The van der Waals surface area contributed by atoms with Gasteiger partial charge in [0.15, 0.2) is 0 Å². The van der Waals surface area contributed by atoms with E-state index in [0.717, 1.165) is 50.2 Å². The predicted molar refractivity (Wildman–Crippen MR) is 106 cm³/mol. The maximum atomic E-state index is 6.49. The van der Waals surface area contributed by atoms with Crippen LogP contribution >= 0.6 is 0 Å². The third kappa shape index (κ3) is 2.77. The van der Waals surface area contributed by atoms with Crippen LogP contribution in [0.5, 0.6) is 5.75 Å². The van der Waals surface area contributed by atoms with Crippen molar-refractivity contribution in [2.24, 2.45) is 0 Å². The monoisotopic (exact) mass is 344 g/mol. The topological polar surface area (TPSA) is 34.1 Å². The van der Waals surface area contributed by atoms with E-state index in [1.54, 1.807) is 0 Å². The maximum Gasteiger partial charge on any atom is 0.123 e. The number of benzene rings is 2. The number of aryl methyl sites for hydroxylation is 2. The van der Waals surface area contributed by atoms with Crippen LogP contribution in [0.4, 0.5) is 0 Å². The zero-order chi connectivity index (χ0) is 17.6. The molecule has 0 amide bonds. The lowest BCUT2D eigenvalue weighted by Gasteiger charge is -2.41. The van der Waals surface area contributed by atoms with E-state index >= 15 is 0 Å². The molecule has 132 valence electrons. The first-order valence-electron chi connectivity index (χ1n) is 9.60. The molecule has 1 fully saturated rings. The second-order valence-electron chi connectivity index (χ2n) is 7.75. The van der Waals surface area contributed by atoms with Crippen molar-refractivity contribution >= 4 is 10.8 Å². The lowest BCUT2D eigenvalue weighted by Crippen LogP contribution is -2.48. The molecule has 2 aromatic carbocycles. The maximum absolute atomic E-state index is 6.49. The number of hydrogen-bond donors (Lipinski definition) is 1. The minimum Gasteiger partial charge on any atom is -0.487 e. The van der Waals surface area contributed by atoms with Gasteiger partial charge in [0.25, 0.3) is 0 Å². The minimum atomic E-state index is 0.0627. The van der Waals surface area contributed by atoms with Crippen LogP contribution in [0, 0.1) is 6.92 Å². The molecule has 0 aliphatic carbocycles. The molecule has 1 saturated heterocycles. The van der Waals surface area contributed by atoms with Crippen LogP contribution in [0.2, 0.25) is 0 Å². The summed E-state index contributed by atoms with van der Waals surface area (Å²) in [6, 6.07) is 15.5. The summed E-state index contributed by atoms with van der Waals surface area (Å²) in [5, 5.41) is 5.88. The quantitative estimate of drug-likeness (QED) is 0.697. The Kier molecular flexibility index (Phi) is 3.71. The molecule has 0 atom stereocenters. The van der Waals surface area contributed by atoms with Crippen LogP contribution in [0.25, 0.3) is 21.9 Å². The van der Waals surface area contributed by atoms with Crippen LogP contribution < -0.4 is 10.1 Å². The van der Waals surface area contributed by atoms with Crippen LogP contribution in [0.3, 0.4) is 0 Å². The number of ether oxygens (including phenoxy) is 1. The fraction of sp³-hybridized carbons (Fsp3) is 0.348. The van der Waals surface area contributed by atoms with E-state index in [2.05, 4.69) is 52.8 Å². The SMILES string of the molecule is Cc1cc2cc(-c3ccc4c(c3)CCC3(CCNCC3)O4)ccc2cn1. The highest BCUT2D eigenvalue weighted by atomic mass is 16.5. The summed E-state index contributed by atoms with van der Waals surface area (Å²) < 4.78 is 6.49. The van der Waals surface area contributed by atoms with Gasteiger partial charge in [0.2, 0.25) is 0 Å². The van der Waals surface area contributed by atoms with E-state index < -0.39 is 0 Å². The molecule has 0 radical (unpaired) electrons. The molecule has 3 heteroatoms. The number of nitrogens with one attached hydrogen (secondary N) is 1. The van der Waals surface area contributed by atoms with E-state index in [0.29, 0.717) is 0 Å². The van der Waals surface area contributed by atoms with Gasteiger partial charge in [0.1, 0.15) is 11.4 Å². The molecule has 3 aromatic rings. The van der Waals surface area contributed by atoms with E-state index in [-0.39, 0.29) is 5.60 Å². The van der Waals surface area contributed by atoms with Crippen molar-refractivity contribution in [3.63, 3.8) is 0 Å². The summed E-state index contributed by atoms with van der Waals surface area (Å²) >= 11 is 0. The number of hydrogen-bond acceptors (Lipinski definition) is 3. The molecular weight excluding hydrogens is 320 g/mol. The van der Waals surface area contributed by atoms with Gasteiger partial charge in [-0.05, 0) is 92.0 Å². The number of rotatable bonds is 1. The van der Waals surface area contributed by atoms with Crippen molar-refractivity contribution in [2.45, 2.75) is 38.2 Å². The molecule has 2 aliphatic heterocycles. The highest BCUT2D eigenvalue weighted by Crippen LogP contribution is 2.40. The summed E-state index contributed by atoms with van der Waals surface area (Å²) in [5.41, 5.74) is 4.99. The standard InChI is InChI=1S/C23H24N2O/c1-16-12-21-14-17(2-3-20(21)15-25-16)18-4-5-22-19(13-18)6-7-23(26-22)8-10-24-11-9-23/h2-5,12-15,24H,6-11H2,1H3. The molecule has 0 saturated carbocycles. The average molecular weight is 344 g/mol. The van der Waals surface area contributed by atoms with Crippen molar-refractivity contribution in [1.29, 1.82) is 0 Å². The van der Waals surface area contributed by atoms with Crippen LogP contribution in [0.15, 0.2) is 48.7 Å². The number of aromatic nitrogens is 1. The Labute approximate surface area is 154 Å². The van der Waals surface area contributed by atoms with Gasteiger partial charge in [-0.1, -0.05) is 18.2 Å². The van der Waals surface area contributed by atoms with Crippen molar-refractivity contribution in [3.05, 3.63) is 59.9 Å². The fourth-order valence-electron chi connectivity index (χ4n) is 4.37. The van der Waals surface area contributed by atoms with Gasteiger partial charge in [0.05, 0.1) is 0 Å². The number of pyridine rings is 1. The second kappa shape index (κ2) is 6.10. The van der Waals surface area contributed by atoms with Gasteiger partial charge in [-0.25, -0.2) is 0 Å². The van der Waals surface area contributed by atoms with Crippen molar-refractivity contribution in [3.8, 4) is 16.9 Å². The average Bonchev–Trinajstić information content (AvgIpc) is 2.67. The number of fused-ring (bicyclic) bond motifs is 2. The number of piperidine rings is 1. The molecule has 1 N–H and O–H groups in total. The lowest BCUT2D eigenvalue weighted by molar-refractivity contribution is 0.0170. The lowest BCUT2D eigenvalue weighted by atomic mass is 9.83. The van der Waals surface area contributed by atoms with Crippen LogP contribution in [-0.2, 0) is 6.42 Å². The third-order valence-corrected chi connectivity index (χ3v) is 5.94. The van der Waals surface area contributed by atoms with Gasteiger partial charge in [0, 0.05) is 17.3 Å². The van der Waals surface area contributed by atoms with Gasteiger partial charge in [-0.3, -0.25) is 4.98 Å². The third-order valence-electron chi connectivity index (χ3n) is 5.94. The Morgan fingerprint density at radius 1 is 0.923 bits per heavy atom. The Morgan fingerprint density at radius 2 is 1.73 bits per heavy atom. The molecule has 0 bridgehead atoms. The zero-order valence-electron chi connectivity index (χ0n) is 15.2. The fourth-order valence-corrected chi connectivity index (χ4v) is 4.37. The van der Waals surface area contributed by atoms with Gasteiger partial charge in [-0.2, -0.15) is 0 Å². The summed E-state index contributed by atoms with van der Waals surface area (Å²) in [5.74, 6) is 1.09. The molecule has 2 aliphatic rings. The predicted octanol–water partition coefficient (Wildman–Crippen LogP) is 4.66. The van der Waals surface area contributed by atoms with E-state index in [1.807, 2.05) is 13.1 Å². The minimum absolute atomic E-state index is 0.0627. The highest BCUT2D eigenvalue weighted by molar-refractivity contribution is 5.87. The van der Waals surface area contributed by atoms with E-state index in [1.165, 1.54) is 27.5 Å². The highest BCUT2D eigenvalue weighted by Gasteiger charge is 2.37. The first-order valence-corrected chi connectivity index (χ1v) is 9.60. The van der Waals surface area contributed by atoms with Crippen molar-refractivity contribution in [1.82, 2.24) is 10.3 Å². The Bertz CT molecular complexity index is 973. The van der Waals surface area contributed by atoms with Crippen LogP contribution in [0.1, 0.15) is 30.5 Å². The molecule has 26 heavy (non-hydrogen) atoms. The Hall–Kier alpha value is -2.39. The molecule has 3 nitrogen and oxygen atoms in total. The summed E-state index contributed by atoms with van der Waals surface area (Å²) in [7, 11) is 0. The van der Waals surface area contributed by atoms with E-state index in [9.17, 15) is 0 Å². The normalized spacial score (nSPS) is 18.5. The number of nitrogens with zero attached hydrogens (tertiary/aromatic N) is 1. The summed E-state index contributed by atoms with van der Waals surface area (Å²) in [4.78, 5) is 4.39. The summed E-state index contributed by atoms with van der Waals surface area (Å²) in [6.07, 6.45) is 6.43. The summed E-state index contributed by atoms with van der Waals surface area (Å²) in [6.45, 7) is 4.18. The molecule has 5 rings (SSSR count). The van der Waals surface area contributed by atoms with Crippen LogP contribution in [-0.4, -0.2) is 23.7 Å². The first-order chi connectivity index (χ1) is 12.7. The Morgan fingerprint density at radius 3 is 2.62 bits per heavy atom. The van der Waals surface area contributed by atoms with Gasteiger partial charge < -0.3 is 10.1 Å². The first kappa shape index (κ1) is 15.8. The smallest absolute Gasteiger partial charge is 0.123 e.